The van der Waals surface area contributed by atoms with Gasteiger partial charge in [-0.1, -0.05) is 45.7 Å². The minimum atomic E-state index is -0.268. The largest absolute Gasteiger partial charge is 0.483 e. The van der Waals surface area contributed by atoms with Crippen molar-refractivity contribution in [2.45, 2.75) is 20.8 Å². The zero-order valence-corrected chi connectivity index (χ0v) is 19.3. The van der Waals surface area contributed by atoms with Gasteiger partial charge in [0.25, 0.3) is 5.91 Å². The molecule has 0 saturated heterocycles. The van der Waals surface area contributed by atoms with Crippen LogP contribution in [0.5, 0.6) is 5.75 Å². The lowest BCUT2D eigenvalue weighted by atomic mass is 10.1. The minimum absolute atomic E-state index is 0.128. The van der Waals surface area contributed by atoms with E-state index in [-0.39, 0.29) is 12.5 Å². The average molecular weight is 486 g/mol. The highest BCUT2D eigenvalue weighted by Gasteiger charge is 2.09. The molecule has 0 spiro atoms. The summed E-state index contributed by atoms with van der Waals surface area (Å²) < 4.78 is 6.66. The maximum Gasteiger partial charge on any atom is 0.262 e. The van der Waals surface area contributed by atoms with Gasteiger partial charge in [-0.3, -0.25) is 9.79 Å². The van der Waals surface area contributed by atoms with Gasteiger partial charge in [-0.15, -0.1) is 0 Å². The Hall–Kier alpha value is -2.63. The molecule has 0 atom stereocenters. The Bertz CT molecular complexity index is 1110. The van der Waals surface area contributed by atoms with Gasteiger partial charge in [-0.05, 0) is 73.9 Å². The molecule has 0 saturated carbocycles. The Morgan fingerprint density at radius 1 is 1.10 bits per heavy atom. The fourth-order valence-electron chi connectivity index (χ4n) is 2.78. The number of anilines is 1. The van der Waals surface area contributed by atoms with Crippen LogP contribution in [0.2, 0.25) is 5.02 Å². The summed E-state index contributed by atoms with van der Waals surface area (Å²) in [7, 11) is 0. The first-order valence-electron chi connectivity index (χ1n) is 9.42. The number of aliphatic imine (C=N–C) groups is 1. The second-order valence-electron chi connectivity index (χ2n) is 6.96. The predicted octanol–water partition coefficient (Wildman–Crippen LogP) is 6.80. The first-order chi connectivity index (χ1) is 14.3. The van der Waals surface area contributed by atoms with E-state index in [4.69, 9.17) is 16.3 Å². The van der Waals surface area contributed by atoms with E-state index in [0.29, 0.717) is 16.5 Å². The molecule has 3 rings (SSSR count). The smallest absolute Gasteiger partial charge is 0.262 e. The standard InChI is InChI=1S/C24H22BrClN2O2/c1-15-5-4-6-22(17(15)3)27-13-18-11-19(25)8-10-23(18)30-14-24(29)28-20-9-7-16(2)21(26)12-20/h4-13H,14H2,1-3H3,(H,28,29). The highest BCUT2D eigenvalue weighted by Crippen LogP contribution is 2.25. The molecule has 1 N–H and O–H groups in total. The van der Waals surface area contributed by atoms with Crippen molar-refractivity contribution in [3.8, 4) is 5.75 Å². The Labute approximate surface area is 190 Å². The molecule has 0 bridgehead atoms. The third-order valence-corrected chi connectivity index (χ3v) is 5.61. The van der Waals surface area contributed by atoms with Crippen LogP contribution in [0, 0.1) is 20.8 Å². The number of amides is 1. The van der Waals surface area contributed by atoms with Gasteiger partial charge < -0.3 is 10.1 Å². The van der Waals surface area contributed by atoms with Crippen LogP contribution >= 0.6 is 27.5 Å². The van der Waals surface area contributed by atoms with E-state index < -0.39 is 0 Å². The van der Waals surface area contributed by atoms with Crippen molar-refractivity contribution in [3.05, 3.63) is 86.3 Å². The monoisotopic (exact) mass is 484 g/mol. The average Bonchev–Trinajstić information content (AvgIpc) is 2.71. The first-order valence-corrected chi connectivity index (χ1v) is 10.6. The summed E-state index contributed by atoms with van der Waals surface area (Å²) in [6.07, 6.45) is 1.75. The summed E-state index contributed by atoms with van der Waals surface area (Å²) in [4.78, 5) is 16.9. The van der Waals surface area contributed by atoms with E-state index in [9.17, 15) is 4.79 Å². The van der Waals surface area contributed by atoms with Crippen LogP contribution < -0.4 is 10.1 Å². The van der Waals surface area contributed by atoms with E-state index >= 15 is 0 Å². The number of nitrogens with zero attached hydrogens (tertiary/aromatic N) is 1. The van der Waals surface area contributed by atoms with E-state index in [1.165, 1.54) is 5.56 Å². The number of carbonyl (C=O) groups is 1. The van der Waals surface area contributed by atoms with Gasteiger partial charge in [0.05, 0.1) is 5.69 Å². The van der Waals surface area contributed by atoms with Crippen molar-refractivity contribution >= 4 is 51.0 Å². The number of hydrogen-bond donors (Lipinski definition) is 1. The molecule has 154 valence electrons. The lowest BCUT2D eigenvalue weighted by Gasteiger charge is -2.11. The molecule has 1 amide bonds. The van der Waals surface area contributed by atoms with Crippen molar-refractivity contribution in [2.75, 3.05) is 11.9 Å². The molecule has 6 heteroatoms. The van der Waals surface area contributed by atoms with Crippen LogP contribution in [0.3, 0.4) is 0 Å². The van der Waals surface area contributed by atoms with Gasteiger partial charge in [0.2, 0.25) is 0 Å². The number of benzene rings is 3. The first kappa shape index (κ1) is 22.1. The van der Waals surface area contributed by atoms with Crippen LogP contribution in [0.1, 0.15) is 22.3 Å². The number of rotatable bonds is 6. The molecule has 0 aromatic heterocycles. The summed E-state index contributed by atoms with van der Waals surface area (Å²) in [5.41, 5.74) is 5.57. The number of nitrogens with one attached hydrogen (secondary N) is 1. The second-order valence-corrected chi connectivity index (χ2v) is 8.28. The van der Waals surface area contributed by atoms with Crippen LogP contribution in [0.15, 0.2) is 64.1 Å². The molecule has 0 radical (unpaired) electrons. The number of hydrogen-bond acceptors (Lipinski definition) is 3. The Balaban J connectivity index is 1.72. The topological polar surface area (TPSA) is 50.7 Å². The number of carbonyl (C=O) groups excluding carboxylic acids is 1. The van der Waals surface area contributed by atoms with E-state index in [2.05, 4.69) is 39.2 Å². The van der Waals surface area contributed by atoms with Crippen LogP contribution in [-0.2, 0) is 4.79 Å². The zero-order valence-electron chi connectivity index (χ0n) is 17.0. The molecule has 0 aliphatic carbocycles. The molecule has 0 aliphatic heterocycles. The van der Waals surface area contributed by atoms with Crippen molar-refractivity contribution in [1.82, 2.24) is 0 Å². The summed E-state index contributed by atoms with van der Waals surface area (Å²) in [5, 5.41) is 3.39. The van der Waals surface area contributed by atoms with Crippen LogP contribution in [0.4, 0.5) is 11.4 Å². The normalized spacial score (nSPS) is 11.0. The molecule has 30 heavy (non-hydrogen) atoms. The zero-order chi connectivity index (χ0) is 21.7. The van der Waals surface area contributed by atoms with Crippen LogP contribution in [0.25, 0.3) is 0 Å². The van der Waals surface area contributed by atoms with Gasteiger partial charge in [0.15, 0.2) is 6.61 Å². The summed E-state index contributed by atoms with van der Waals surface area (Å²) >= 11 is 9.59. The third kappa shape index (κ3) is 5.71. The van der Waals surface area contributed by atoms with Gasteiger partial charge >= 0.3 is 0 Å². The summed E-state index contributed by atoms with van der Waals surface area (Å²) in [5.74, 6) is 0.305. The molecule has 0 aliphatic rings. The quantitative estimate of drug-likeness (QED) is 0.391. The summed E-state index contributed by atoms with van der Waals surface area (Å²) in [6.45, 7) is 5.88. The molecule has 3 aromatic rings. The number of halogens is 2. The van der Waals surface area contributed by atoms with Crippen LogP contribution in [-0.4, -0.2) is 18.7 Å². The second kappa shape index (κ2) is 9.92. The molecule has 0 heterocycles. The molecule has 0 unspecified atom stereocenters. The molecular weight excluding hydrogens is 464 g/mol. The Morgan fingerprint density at radius 2 is 1.90 bits per heavy atom. The fourth-order valence-corrected chi connectivity index (χ4v) is 3.34. The molecule has 0 fully saturated rings. The Morgan fingerprint density at radius 3 is 2.67 bits per heavy atom. The van der Waals surface area contributed by atoms with Gasteiger partial charge in [-0.2, -0.15) is 0 Å². The maximum absolute atomic E-state index is 12.3. The van der Waals surface area contributed by atoms with Crippen molar-refractivity contribution in [1.29, 1.82) is 0 Å². The molecule has 4 nitrogen and oxygen atoms in total. The Kier molecular flexibility index (Phi) is 7.29. The predicted molar refractivity (Wildman–Crippen MR) is 128 cm³/mol. The van der Waals surface area contributed by atoms with Crippen molar-refractivity contribution in [2.24, 2.45) is 4.99 Å². The van der Waals surface area contributed by atoms with E-state index in [1.807, 2.05) is 50.2 Å². The van der Waals surface area contributed by atoms with Gasteiger partial charge in [-0.25, -0.2) is 0 Å². The van der Waals surface area contributed by atoms with E-state index in [1.54, 1.807) is 18.3 Å². The fraction of sp³-hybridized carbons (Fsp3) is 0.167. The minimum Gasteiger partial charge on any atom is -0.483 e. The van der Waals surface area contributed by atoms with E-state index in [0.717, 1.165) is 26.9 Å². The van der Waals surface area contributed by atoms with Crippen molar-refractivity contribution < 1.29 is 9.53 Å². The lowest BCUT2D eigenvalue weighted by molar-refractivity contribution is -0.118. The summed E-state index contributed by atoms with van der Waals surface area (Å²) in [6, 6.07) is 17.0. The maximum atomic E-state index is 12.3. The third-order valence-electron chi connectivity index (χ3n) is 4.70. The number of ether oxygens (including phenoxy) is 1. The molecular formula is C24H22BrClN2O2. The number of aryl methyl sites for hydroxylation is 2. The van der Waals surface area contributed by atoms with Crippen molar-refractivity contribution in [3.63, 3.8) is 0 Å². The molecule has 3 aromatic carbocycles. The van der Waals surface area contributed by atoms with Gasteiger partial charge in [0.1, 0.15) is 5.75 Å². The van der Waals surface area contributed by atoms with Gasteiger partial charge in [0, 0.05) is 27.0 Å². The SMILES string of the molecule is Cc1ccc(NC(=O)COc2ccc(Br)cc2C=Nc2cccc(C)c2C)cc1Cl. The highest BCUT2D eigenvalue weighted by atomic mass is 79.9. The lowest BCUT2D eigenvalue weighted by Crippen LogP contribution is -2.20. The highest BCUT2D eigenvalue weighted by molar-refractivity contribution is 9.10.